The maximum absolute atomic E-state index is 12.9. The molecule has 1 heterocycles. The highest BCUT2D eigenvalue weighted by Crippen LogP contribution is 2.24. The van der Waals surface area contributed by atoms with E-state index in [1.807, 2.05) is 6.92 Å². The first-order valence-corrected chi connectivity index (χ1v) is 7.33. The van der Waals surface area contributed by atoms with Crippen LogP contribution in [-0.2, 0) is 16.1 Å². The molecule has 1 aliphatic heterocycles. The Balaban J connectivity index is 0.00000264. The molecule has 2 unspecified atom stereocenters. The number of benzene rings is 1. The number of nitrogens with zero attached hydrogens (tertiary/aromatic N) is 2. The van der Waals surface area contributed by atoms with Crippen molar-refractivity contribution in [2.75, 3.05) is 27.2 Å². The number of esters is 1. The quantitative estimate of drug-likeness (QED) is 0.343. The molecular weight excluding hydrogens is 412 g/mol. The molecule has 2 atom stereocenters. The van der Waals surface area contributed by atoms with Gasteiger partial charge in [0.1, 0.15) is 5.82 Å². The van der Waals surface area contributed by atoms with E-state index in [9.17, 15) is 9.18 Å². The van der Waals surface area contributed by atoms with Gasteiger partial charge in [-0.15, -0.1) is 24.0 Å². The van der Waals surface area contributed by atoms with Gasteiger partial charge in [0.25, 0.3) is 0 Å². The van der Waals surface area contributed by atoms with E-state index in [0.717, 1.165) is 18.1 Å². The molecule has 0 aliphatic carbocycles. The number of carbonyl (C=O) groups excluding carboxylic acids is 1. The summed E-state index contributed by atoms with van der Waals surface area (Å²) in [5.74, 6) is 0.403. The van der Waals surface area contributed by atoms with Crippen LogP contribution >= 0.6 is 24.0 Å². The Bertz CT molecular complexity index is 551. The molecule has 1 N–H and O–H groups in total. The van der Waals surface area contributed by atoms with Crippen LogP contribution in [-0.4, -0.2) is 44.1 Å². The summed E-state index contributed by atoms with van der Waals surface area (Å²) in [5.41, 5.74) is 0.972. The predicted molar refractivity (Wildman–Crippen MR) is 98.3 cm³/mol. The lowest BCUT2D eigenvalue weighted by molar-refractivity contribution is -0.145. The molecule has 1 aromatic carbocycles. The first kappa shape index (κ1) is 19.7. The lowest BCUT2D eigenvalue weighted by Gasteiger charge is -2.21. The summed E-state index contributed by atoms with van der Waals surface area (Å²) in [6.45, 7) is 3.94. The van der Waals surface area contributed by atoms with E-state index in [1.165, 1.54) is 19.2 Å². The number of methoxy groups -OCH3 is 1. The van der Waals surface area contributed by atoms with Crippen LogP contribution in [0.4, 0.5) is 4.39 Å². The molecule has 128 valence electrons. The van der Waals surface area contributed by atoms with Gasteiger partial charge in [0.2, 0.25) is 0 Å². The average Bonchev–Trinajstić information content (AvgIpc) is 2.91. The predicted octanol–water partition coefficient (Wildman–Crippen LogP) is 2.26. The van der Waals surface area contributed by atoms with Crippen LogP contribution in [0, 0.1) is 17.7 Å². The van der Waals surface area contributed by atoms with Gasteiger partial charge in [-0.2, -0.15) is 0 Å². The largest absolute Gasteiger partial charge is 0.469 e. The minimum atomic E-state index is -0.248. The molecule has 1 fully saturated rings. The Morgan fingerprint density at radius 2 is 2.04 bits per heavy atom. The number of nitrogens with one attached hydrogen (secondary N) is 1. The average molecular weight is 435 g/mol. The summed E-state index contributed by atoms with van der Waals surface area (Å²) in [4.78, 5) is 18.1. The molecule has 0 amide bonds. The highest BCUT2D eigenvalue weighted by molar-refractivity contribution is 14.0. The molecule has 0 aromatic heterocycles. The second-order valence-electron chi connectivity index (χ2n) is 5.54. The normalized spacial score (nSPS) is 20.9. The van der Waals surface area contributed by atoms with Gasteiger partial charge in [-0.1, -0.05) is 19.1 Å². The second kappa shape index (κ2) is 9.05. The molecule has 23 heavy (non-hydrogen) atoms. The van der Waals surface area contributed by atoms with Gasteiger partial charge in [0, 0.05) is 26.7 Å². The van der Waals surface area contributed by atoms with Crippen molar-refractivity contribution in [1.29, 1.82) is 0 Å². The van der Waals surface area contributed by atoms with Crippen molar-refractivity contribution in [3.8, 4) is 0 Å². The van der Waals surface area contributed by atoms with Gasteiger partial charge in [0.15, 0.2) is 5.96 Å². The molecule has 1 aromatic rings. The van der Waals surface area contributed by atoms with Crippen molar-refractivity contribution in [3.63, 3.8) is 0 Å². The fourth-order valence-electron chi connectivity index (χ4n) is 2.71. The minimum Gasteiger partial charge on any atom is -0.469 e. The molecule has 0 bridgehead atoms. The SMILES string of the molecule is CN=C(NCc1ccc(F)cc1)N1CC(C)C(C(=O)OC)C1.I. The zero-order valence-electron chi connectivity index (χ0n) is 13.6. The summed E-state index contributed by atoms with van der Waals surface area (Å²) >= 11 is 0. The minimum absolute atomic E-state index is 0. The van der Waals surface area contributed by atoms with Gasteiger partial charge < -0.3 is 15.0 Å². The van der Waals surface area contributed by atoms with Crippen molar-refractivity contribution < 1.29 is 13.9 Å². The van der Waals surface area contributed by atoms with E-state index >= 15 is 0 Å². The summed E-state index contributed by atoms with van der Waals surface area (Å²) in [6.07, 6.45) is 0. The first-order chi connectivity index (χ1) is 10.5. The number of rotatable bonds is 3. The van der Waals surface area contributed by atoms with Crippen molar-refractivity contribution in [2.45, 2.75) is 13.5 Å². The zero-order valence-corrected chi connectivity index (χ0v) is 15.9. The Morgan fingerprint density at radius 3 is 2.61 bits per heavy atom. The number of ether oxygens (including phenoxy) is 1. The molecular formula is C16H23FIN3O2. The van der Waals surface area contributed by atoms with Crippen molar-refractivity contribution in [1.82, 2.24) is 10.2 Å². The smallest absolute Gasteiger partial charge is 0.310 e. The highest BCUT2D eigenvalue weighted by atomic mass is 127. The molecule has 5 nitrogen and oxygen atoms in total. The zero-order chi connectivity index (χ0) is 16.1. The summed E-state index contributed by atoms with van der Waals surface area (Å²) < 4.78 is 17.7. The van der Waals surface area contributed by atoms with Crippen LogP contribution < -0.4 is 5.32 Å². The van der Waals surface area contributed by atoms with Crippen molar-refractivity contribution in [2.24, 2.45) is 16.8 Å². The van der Waals surface area contributed by atoms with Gasteiger partial charge >= 0.3 is 5.97 Å². The van der Waals surface area contributed by atoms with Gasteiger partial charge in [-0.25, -0.2) is 4.39 Å². The third-order valence-electron chi connectivity index (χ3n) is 3.99. The summed E-state index contributed by atoms with van der Waals surface area (Å²) in [6, 6.07) is 6.34. The number of aliphatic imine (C=N–C) groups is 1. The molecule has 0 spiro atoms. The maximum atomic E-state index is 12.9. The molecule has 7 heteroatoms. The summed E-state index contributed by atoms with van der Waals surface area (Å²) in [7, 11) is 3.13. The highest BCUT2D eigenvalue weighted by Gasteiger charge is 2.36. The van der Waals surface area contributed by atoms with Crippen LogP contribution in [0.25, 0.3) is 0 Å². The Hall–Kier alpha value is -1.38. The number of likely N-dealkylation sites (tertiary alicyclic amines) is 1. The standard InChI is InChI=1S/C16H22FN3O2.HI/c1-11-9-20(10-14(11)15(21)22-3)16(18-2)19-8-12-4-6-13(17)7-5-12;/h4-7,11,14H,8-10H2,1-3H3,(H,18,19);1H. The van der Waals surface area contributed by atoms with Crippen LogP contribution in [0.2, 0.25) is 0 Å². The van der Waals surface area contributed by atoms with Crippen LogP contribution in [0.3, 0.4) is 0 Å². The fraction of sp³-hybridized carbons (Fsp3) is 0.500. The number of hydrogen-bond acceptors (Lipinski definition) is 3. The number of halogens is 2. The molecule has 1 aliphatic rings. The van der Waals surface area contributed by atoms with Crippen molar-refractivity contribution in [3.05, 3.63) is 35.6 Å². The third-order valence-corrected chi connectivity index (χ3v) is 3.99. The Labute approximate surface area is 153 Å². The maximum Gasteiger partial charge on any atom is 0.310 e. The number of carbonyl (C=O) groups is 1. The first-order valence-electron chi connectivity index (χ1n) is 7.33. The van der Waals surface area contributed by atoms with Crippen LogP contribution in [0.15, 0.2) is 29.3 Å². The molecule has 2 rings (SSSR count). The second-order valence-corrected chi connectivity index (χ2v) is 5.54. The van der Waals surface area contributed by atoms with E-state index in [4.69, 9.17) is 4.74 Å². The molecule has 0 radical (unpaired) electrons. The van der Waals surface area contributed by atoms with Crippen LogP contribution in [0.5, 0.6) is 0 Å². The lowest BCUT2D eigenvalue weighted by atomic mass is 9.99. The fourth-order valence-corrected chi connectivity index (χ4v) is 2.71. The van der Waals surface area contributed by atoms with E-state index in [0.29, 0.717) is 13.1 Å². The van der Waals surface area contributed by atoms with Gasteiger partial charge in [-0.3, -0.25) is 9.79 Å². The topological polar surface area (TPSA) is 53.9 Å². The monoisotopic (exact) mass is 435 g/mol. The molecule has 0 saturated carbocycles. The van der Waals surface area contributed by atoms with Gasteiger partial charge in [0.05, 0.1) is 13.0 Å². The third kappa shape index (κ3) is 5.05. The number of hydrogen-bond donors (Lipinski definition) is 1. The van der Waals surface area contributed by atoms with Crippen molar-refractivity contribution >= 4 is 35.9 Å². The molecule has 1 saturated heterocycles. The van der Waals surface area contributed by atoms with E-state index in [2.05, 4.69) is 15.2 Å². The van der Waals surface area contributed by atoms with Gasteiger partial charge in [-0.05, 0) is 23.6 Å². The van der Waals surface area contributed by atoms with E-state index < -0.39 is 0 Å². The van der Waals surface area contributed by atoms with Crippen LogP contribution in [0.1, 0.15) is 12.5 Å². The van der Waals surface area contributed by atoms with E-state index in [1.54, 1.807) is 19.2 Å². The summed E-state index contributed by atoms with van der Waals surface area (Å²) in [5, 5.41) is 3.25. The number of guanidine groups is 1. The Kier molecular flexibility index (Phi) is 7.74. The van der Waals surface area contributed by atoms with E-state index in [-0.39, 0.29) is 47.6 Å². The Morgan fingerprint density at radius 1 is 1.39 bits per heavy atom. The lowest BCUT2D eigenvalue weighted by Crippen LogP contribution is -2.40.